The smallest absolute Gasteiger partial charge is 0.326 e. The van der Waals surface area contributed by atoms with Crippen LogP contribution in [-0.4, -0.2) is 264 Å². The molecular weight excluding hydrogens is 2150 g/mol. The van der Waals surface area contributed by atoms with Gasteiger partial charge in [0.05, 0.1) is 20.0 Å². The number of carbonyl (C=O) groups is 18. The van der Waals surface area contributed by atoms with Gasteiger partial charge in [0.2, 0.25) is 94.5 Å². The highest BCUT2D eigenvalue weighted by molar-refractivity contribution is 14.1. The van der Waals surface area contributed by atoms with Crippen molar-refractivity contribution >= 4 is 168 Å². The van der Waals surface area contributed by atoms with Crippen LogP contribution in [0.2, 0.25) is 0 Å². The fourth-order valence-corrected chi connectivity index (χ4v) is 19.5. The third-order valence-corrected chi connectivity index (χ3v) is 27.1. The molecule has 5 aromatic carbocycles. The molecule has 2 aromatic heterocycles. The van der Waals surface area contributed by atoms with Gasteiger partial charge in [0.15, 0.2) is 11.7 Å². The number of ketones is 1. The summed E-state index contributed by atoms with van der Waals surface area (Å²) < 4.78 is 1.17. The van der Waals surface area contributed by atoms with Gasteiger partial charge in [-0.1, -0.05) is 132 Å². The number of carbonyl (C=O) groups excluding carboxylic acids is 17. The van der Waals surface area contributed by atoms with Gasteiger partial charge in [-0.25, -0.2) is 9.78 Å². The van der Waals surface area contributed by atoms with Crippen LogP contribution in [0.3, 0.4) is 0 Å². The van der Waals surface area contributed by atoms with Crippen LogP contribution in [0.15, 0.2) is 134 Å². The predicted molar refractivity (Wildman–Crippen MR) is 567 cm³/mol. The molecule has 27 N–H and O–H groups in total. The molecule has 46 heteroatoms. The summed E-state index contributed by atoms with van der Waals surface area (Å²) in [5, 5.41) is 73.9. The summed E-state index contributed by atoms with van der Waals surface area (Å²) in [6, 6.07) is 12.3. The maximum absolute atomic E-state index is 15.6. The number of carboxylic acid groups (broad SMARTS) is 1. The van der Waals surface area contributed by atoms with Crippen LogP contribution in [0.1, 0.15) is 200 Å². The van der Waals surface area contributed by atoms with Crippen LogP contribution in [0.4, 0.5) is 0 Å². The van der Waals surface area contributed by atoms with E-state index in [1.165, 1.54) is 58.7 Å². The fourth-order valence-electron chi connectivity index (χ4n) is 17.6. The number of phenols is 2. The zero-order valence-electron chi connectivity index (χ0n) is 84.0. The average molecular weight is 2290 g/mol. The number of H-pyrrole nitrogens is 2. The van der Waals surface area contributed by atoms with Gasteiger partial charge in [-0.05, 0) is 212 Å². The molecule has 0 bridgehead atoms. The summed E-state index contributed by atoms with van der Waals surface area (Å²) >= 11 is 3.99. The van der Waals surface area contributed by atoms with Crippen LogP contribution in [0.5, 0.6) is 11.5 Å². The number of phenolic OH excluding ortho intramolecular Hbond substituents is 2. The van der Waals surface area contributed by atoms with E-state index in [0.29, 0.717) is 78.1 Å². The molecule has 13 atom stereocenters. The number of hydrogen-bond acceptors (Lipinski definition) is 23. The largest absolute Gasteiger partial charge is 0.508 e. The van der Waals surface area contributed by atoms with Gasteiger partial charge in [0.25, 0.3) is 0 Å². The highest BCUT2D eigenvalue weighted by Crippen LogP contribution is 2.30. The molecule has 44 nitrogen and oxygen atoms in total. The van der Waals surface area contributed by atoms with Crippen molar-refractivity contribution in [2.24, 2.45) is 34.8 Å². The van der Waals surface area contributed by atoms with Gasteiger partial charge in [-0.3, -0.25) is 86.9 Å². The number of fused-ring (bicyclic) bond motifs is 1. The Labute approximate surface area is 889 Å². The lowest BCUT2D eigenvalue weighted by atomic mass is 9.98. The molecule has 0 unspecified atom stereocenters. The number of aromatic nitrogens is 3. The first kappa shape index (κ1) is 118. The first-order valence-electron chi connectivity index (χ1n) is 50.0. The number of likely N-dealkylation sites (tertiary alicyclic amines) is 2. The maximum atomic E-state index is 15.6. The van der Waals surface area contributed by atoms with Crippen molar-refractivity contribution in [1.29, 1.82) is 5.41 Å². The number of halogens is 2. The van der Waals surface area contributed by atoms with Crippen molar-refractivity contribution in [2.75, 3.05) is 32.7 Å². The highest BCUT2D eigenvalue weighted by atomic mass is 127. The Morgan fingerprint density at radius 3 is 1.47 bits per heavy atom. The Kier molecular flexibility index (Phi) is 46.9. The van der Waals surface area contributed by atoms with Crippen molar-refractivity contribution < 1.29 is 102 Å². The number of benzene rings is 5. The third kappa shape index (κ3) is 37.5. The van der Waals surface area contributed by atoms with Crippen molar-refractivity contribution in [3.63, 3.8) is 0 Å². The Balaban J connectivity index is 0.918. The average Bonchev–Trinajstić information content (AvgIpc) is 1.78. The summed E-state index contributed by atoms with van der Waals surface area (Å²) in [5.41, 5.74) is 26.7. The zero-order valence-corrected chi connectivity index (χ0v) is 88.3. The lowest BCUT2D eigenvalue weighted by molar-refractivity contribution is -0.144. The number of nitrogens with two attached hydrogens (primary N) is 4. The molecule has 804 valence electrons. The monoisotopic (exact) mass is 2290 g/mol. The molecule has 9 rings (SSSR count). The van der Waals surface area contributed by atoms with Gasteiger partial charge in [0.1, 0.15) is 90.0 Å². The summed E-state index contributed by atoms with van der Waals surface area (Å²) in [7, 11) is 0. The fraction of sp³-hybridized carbons (Fsp3) is 0.476. The number of primary amides is 2. The molecular formula is C103H137I2N23O21. The summed E-state index contributed by atoms with van der Waals surface area (Å²) in [4.78, 5) is 271. The second kappa shape index (κ2) is 59.1. The van der Waals surface area contributed by atoms with E-state index in [-0.39, 0.29) is 152 Å². The van der Waals surface area contributed by atoms with Crippen molar-refractivity contribution in [3.8, 4) is 11.5 Å². The van der Waals surface area contributed by atoms with Gasteiger partial charge < -0.3 is 127 Å². The quantitative estimate of drug-likeness (QED) is 0.00855. The number of nitrogens with zero attached hydrogens (tertiary/aromatic N) is 3. The molecule has 2 aliphatic heterocycles. The Hall–Kier alpha value is -14.2. The number of unbranched alkanes of at least 4 members (excludes halogenated alkanes) is 2. The molecule has 2 aliphatic rings. The van der Waals surface area contributed by atoms with Crippen molar-refractivity contribution in [2.45, 2.75) is 267 Å². The second-order valence-electron chi connectivity index (χ2n) is 38.1. The number of aromatic hydroxyl groups is 2. The molecule has 0 saturated carbocycles. The van der Waals surface area contributed by atoms with Crippen LogP contribution in [0, 0.1) is 24.4 Å². The molecule has 7 aromatic rings. The number of aliphatic carboxylic acids is 1. The summed E-state index contributed by atoms with van der Waals surface area (Å²) in [5.74, 6) is -16.6. The van der Waals surface area contributed by atoms with Crippen molar-refractivity contribution in [3.05, 3.63) is 180 Å². The minimum Gasteiger partial charge on any atom is -0.508 e. The number of imidazole rings is 1. The zero-order chi connectivity index (χ0) is 109. The van der Waals surface area contributed by atoms with Crippen LogP contribution < -0.4 is 92.1 Å². The number of aryl methyl sites for hydroxylation is 1. The molecule has 4 heterocycles. The third-order valence-electron chi connectivity index (χ3n) is 25.5. The van der Waals surface area contributed by atoms with Crippen molar-refractivity contribution in [1.82, 2.24) is 93.9 Å². The Bertz CT molecular complexity index is 5810. The van der Waals surface area contributed by atoms with Crippen LogP contribution in [-0.2, 0) is 114 Å². The predicted octanol–water partition coefficient (Wildman–Crippen LogP) is 2.37. The maximum Gasteiger partial charge on any atom is 0.326 e. The van der Waals surface area contributed by atoms with Gasteiger partial charge in [0, 0.05) is 105 Å². The molecule has 0 aliphatic carbocycles. The number of nitrogens with one attached hydrogen (secondary N) is 16. The SMILES string of the molecule is CCCC[C@H](NC(=O)[C@@H]1CCCN1C(=O)[C@H](CCC(N)=O)NC(=O)CNC(=O)[C@@H]1CCCN1C(=O)[C@H](CCCNC(=N)N)NC(=O)[C@H](CC(C)C)NC(=O)[C@H](CCC(N)=O)NC(=O)[C@H](CC(C)C)NC(=O)[C@H](Cc1ccc(C(=O)c2ccccc2)cc1)NC(=O)[C@H](Cc1cnc[nH]1)NC(=O)[C@H](Cc1c[nH]c2ccccc12)NC(=O)[C@H](CCCCN)NC(=O)CCc1cc(I)c(O)c(I)c1)C(=O)N[C@@H](Cc1ccc(O)cc1)C(=O)O. The van der Waals surface area contributed by atoms with Gasteiger partial charge >= 0.3 is 5.97 Å². The molecule has 0 spiro atoms. The topological polar surface area (TPSA) is 703 Å². The number of para-hydroxylation sites is 1. The summed E-state index contributed by atoms with van der Waals surface area (Å²) in [6.07, 6.45) is 4.30. The molecule has 149 heavy (non-hydrogen) atoms. The lowest BCUT2D eigenvalue weighted by Crippen LogP contribution is -2.61. The molecule has 2 fully saturated rings. The molecule has 2 saturated heterocycles. The first-order valence-corrected chi connectivity index (χ1v) is 52.2. The highest BCUT2D eigenvalue weighted by Gasteiger charge is 2.44. The summed E-state index contributed by atoms with van der Waals surface area (Å²) in [6.45, 7) is 8.20. The number of aromatic amines is 2. The first-order chi connectivity index (χ1) is 71.1. The van der Waals surface area contributed by atoms with E-state index >= 15 is 33.6 Å². The van der Waals surface area contributed by atoms with E-state index < -0.39 is 223 Å². The van der Waals surface area contributed by atoms with E-state index in [2.05, 4.69) is 84.1 Å². The Morgan fingerprint density at radius 1 is 0.470 bits per heavy atom. The van der Waals surface area contributed by atoms with E-state index in [0.717, 1.165) is 5.56 Å². The van der Waals surface area contributed by atoms with Gasteiger partial charge in [-0.2, -0.15) is 0 Å². The number of guanidine groups is 1. The Morgan fingerprint density at radius 2 is 0.926 bits per heavy atom. The number of hydrogen-bond donors (Lipinski definition) is 23. The standard InChI is InChI=1S/C103H137I2N23O21/c1-6-7-21-72(91(137)126-81(102(148)149)50-60-29-34-66(129)35-30-60)119-99(145)83-26-17-44-128(83)101(147)75(37-39-85(108)131)117-87(133)55-114-98(144)82-25-16-43-127(82)100(146)74(24-15-42-112-103(109)110)120-94(140)77(46-58(4)5)121-92(138)73(36-38-84(107)130)118-93(139)76(45-57(2)3)122-95(141)78(49-59-27-32-63(33-28-59)88(134)62-18-9-8-10-19-62)123-97(143)80(52-65-54-111-56-115-65)125-96(142)79(51-64-53-113-70-22-12-11-20-67(64)70)124-90(136)71(23-13-14-41-106)116-86(132)40-31-61-47-68(104)89(135)69(105)48-61/h8-12,18-20,22,27-30,32-35,47-48,53-54,56-58,71-83,113,129,135H,6-7,13-17,21,23-26,31,36-46,49-52,55,106H2,1-5H3,(H2,107,130)(H2,108,131)(H,111,115)(H,114,144)(H,116,132)(H,117,133)(H,118,139)(H,119,145)(H,120,140)(H,121,138)(H,122,141)(H,123,143)(H,124,136)(H,125,142)(H,126,137)(H,148,149)(H4,109,110,112)/t71-,72-,73-,74-,75-,76-,77-,78-,79-,80-,81-,82-,83-/m0/s1. The normalized spacial score (nSPS) is 15.5. The number of carboxylic acids is 1. The molecule has 0 radical (unpaired) electrons. The molecule has 16 amide bonds. The van der Waals surface area contributed by atoms with Crippen LogP contribution >= 0.6 is 45.2 Å². The minimum atomic E-state index is -1.70. The van der Waals surface area contributed by atoms with Crippen LogP contribution in [0.25, 0.3) is 10.9 Å². The second-order valence-corrected chi connectivity index (χ2v) is 40.4. The van der Waals surface area contributed by atoms with Gasteiger partial charge in [-0.15, -0.1) is 0 Å². The number of rotatable bonds is 60. The number of amides is 16. The van der Waals surface area contributed by atoms with E-state index in [4.69, 9.17) is 28.3 Å². The lowest BCUT2D eigenvalue weighted by Gasteiger charge is -2.31. The van der Waals surface area contributed by atoms with E-state index in [9.17, 15) is 68.1 Å². The minimum absolute atomic E-state index is 0.00388. The van der Waals surface area contributed by atoms with E-state index in [1.54, 1.807) is 94.6 Å². The van der Waals surface area contributed by atoms with E-state index in [1.807, 2.05) is 70.3 Å².